The lowest BCUT2D eigenvalue weighted by molar-refractivity contribution is 0.0950. The third kappa shape index (κ3) is 6.38. The van der Waals surface area contributed by atoms with Crippen LogP contribution in [-0.4, -0.2) is 24.7 Å². The second kappa shape index (κ2) is 12.4. The van der Waals surface area contributed by atoms with Crippen LogP contribution in [0.4, 0.5) is 0 Å². The van der Waals surface area contributed by atoms with Gasteiger partial charge in [-0.15, -0.1) is 0 Å². The number of nitrogens with one attached hydrogen (secondary N) is 1. The Bertz CT molecular complexity index is 1260. The maximum Gasteiger partial charge on any atom is 0.255 e. The lowest BCUT2D eigenvalue weighted by Crippen LogP contribution is -2.25. The highest BCUT2D eigenvalue weighted by molar-refractivity contribution is 5.98. The number of hydrogen-bond acceptors (Lipinski definition) is 3. The molecule has 0 aliphatic heterocycles. The van der Waals surface area contributed by atoms with Gasteiger partial charge in [0.25, 0.3) is 5.91 Å². The number of carbonyl (C=O) groups is 1. The number of benzene rings is 3. The van der Waals surface area contributed by atoms with Crippen molar-refractivity contribution in [3.8, 4) is 22.6 Å². The van der Waals surface area contributed by atoms with E-state index in [0.29, 0.717) is 17.9 Å². The smallest absolute Gasteiger partial charge is 0.255 e. The Kier molecular flexibility index (Phi) is 9.10. The second-order valence-electron chi connectivity index (χ2n) is 8.06. The van der Waals surface area contributed by atoms with Crippen LogP contribution in [0, 0.1) is 0 Å². The average molecular weight is 456 g/mol. The summed E-state index contributed by atoms with van der Waals surface area (Å²) >= 11 is 0. The summed E-state index contributed by atoms with van der Waals surface area (Å²) in [4.78, 5) is 13.0. The molecule has 0 aliphatic rings. The molecule has 0 aliphatic carbocycles. The quantitative estimate of drug-likeness (QED) is 0.448. The zero-order valence-corrected chi connectivity index (χ0v) is 20.2. The molecule has 0 saturated heterocycles. The summed E-state index contributed by atoms with van der Waals surface area (Å²) < 4.78 is 5.45. The van der Waals surface area contributed by atoms with E-state index in [9.17, 15) is 9.90 Å². The zero-order valence-electron chi connectivity index (χ0n) is 20.2. The summed E-state index contributed by atoms with van der Waals surface area (Å²) in [5.74, 6) is 0.565. The Labute approximate surface area is 201 Å². The van der Waals surface area contributed by atoms with Crippen molar-refractivity contribution in [3.05, 3.63) is 94.4 Å². The van der Waals surface area contributed by atoms with Gasteiger partial charge in [-0.05, 0) is 72.4 Å². The van der Waals surface area contributed by atoms with Gasteiger partial charge in [-0.2, -0.15) is 0 Å². The highest BCUT2D eigenvalue weighted by Gasteiger charge is 2.14. The van der Waals surface area contributed by atoms with Gasteiger partial charge in [-0.25, -0.2) is 0 Å². The number of ether oxygens (including phenoxy) is 1. The Hall–Kier alpha value is -3.79. The van der Waals surface area contributed by atoms with Gasteiger partial charge < -0.3 is 15.2 Å². The van der Waals surface area contributed by atoms with Crippen LogP contribution in [0.15, 0.2) is 72.8 Å². The molecule has 0 heterocycles. The molecule has 34 heavy (non-hydrogen) atoms. The number of methoxy groups -OCH3 is 1. The molecule has 3 aromatic carbocycles. The summed E-state index contributed by atoms with van der Waals surface area (Å²) in [7, 11) is 1.56. The largest absolute Gasteiger partial charge is 0.507 e. The molecule has 0 spiro atoms. The van der Waals surface area contributed by atoms with Gasteiger partial charge in [-0.1, -0.05) is 67.6 Å². The number of hydrogen-bond donors (Lipinski definition) is 2. The van der Waals surface area contributed by atoms with Gasteiger partial charge in [-0.3, -0.25) is 4.79 Å². The molecular weight excluding hydrogens is 422 g/mol. The number of aromatic hydroxyl groups is 1. The molecule has 3 aromatic rings. The Morgan fingerprint density at radius 2 is 1.85 bits per heavy atom. The van der Waals surface area contributed by atoms with Gasteiger partial charge in [0.2, 0.25) is 0 Å². The van der Waals surface area contributed by atoms with Crippen molar-refractivity contribution in [1.82, 2.24) is 5.32 Å². The molecule has 2 N–H and O–H groups in total. The van der Waals surface area contributed by atoms with Crippen LogP contribution in [0.2, 0.25) is 0 Å². The molecule has 0 atom stereocenters. The fraction of sp³-hybridized carbons (Fsp3) is 0.233. The first kappa shape index (κ1) is 24.8. The maximum absolute atomic E-state index is 13.0. The predicted octanol–water partition coefficient (Wildman–Crippen LogP) is 4.98. The van der Waals surface area contributed by atoms with Gasteiger partial charge in [0.1, 0.15) is 11.5 Å². The van der Waals surface area contributed by atoms with Crippen LogP contribution in [0.25, 0.3) is 23.3 Å². The van der Waals surface area contributed by atoms with Crippen LogP contribution in [0.5, 0.6) is 11.5 Å². The third-order valence-corrected chi connectivity index (χ3v) is 5.61. The molecule has 4 heteroatoms. The van der Waals surface area contributed by atoms with E-state index in [1.807, 2.05) is 74.5 Å². The summed E-state index contributed by atoms with van der Waals surface area (Å²) in [6, 6.07) is 19.5. The Balaban J connectivity index is 1.86. The van der Waals surface area contributed by atoms with E-state index in [-0.39, 0.29) is 11.7 Å². The number of rotatable bonds is 9. The first-order valence-corrected chi connectivity index (χ1v) is 11.7. The van der Waals surface area contributed by atoms with Gasteiger partial charge in [0, 0.05) is 11.8 Å². The van der Waals surface area contributed by atoms with Crippen molar-refractivity contribution in [1.29, 1.82) is 0 Å². The molecule has 1 amide bonds. The normalized spacial score (nSPS) is 12.3. The van der Waals surface area contributed by atoms with Crippen molar-refractivity contribution in [3.63, 3.8) is 0 Å². The average Bonchev–Trinajstić information content (AvgIpc) is 2.87. The number of amides is 1. The van der Waals surface area contributed by atoms with E-state index in [1.54, 1.807) is 19.2 Å². The van der Waals surface area contributed by atoms with E-state index >= 15 is 0 Å². The fourth-order valence-corrected chi connectivity index (χ4v) is 3.89. The van der Waals surface area contributed by atoms with Crippen molar-refractivity contribution in [2.45, 2.75) is 33.1 Å². The molecule has 4 nitrogen and oxygen atoms in total. The molecule has 0 saturated carbocycles. The lowest BCUT2D eigenvalue weighted by atomic mass is 9.99. The van der Waals surface area contributed by atoms with Gasteiger partial charge in [0.05, 0.1) is 12.7 Å². The molecule has 0 bridgehead atoms. The number of phenols is 1. The fourth-order valence-electron chi connectivity index (χ4n) is 3.89. The minimum Gasteiger partial charge on any atom is -0.507 e. The van der Waals surface area contributed by atoms with E-state index < -0.39 is 0 Å². The van der Waals surface area contributed by atoms with Gasteiger partial charge >= 0.3 is 0 Å². The predicted molar refractivity (Wildman–Crippen MR) is 140 cm³/mol. The highest BCUT2D eigenvalue weighted by Crippen LogP contribution is 2.27. The molecule has 0 aromatic heterocycles. The minimum absolute atomic E-state index is 0.173. The Morgan fingerprint density at radius 3 is 2.56 bits per heavy atom. The van der Waals surface area contributed by atoms with Crippen molar-refractivity contribution < 1.29 is 14.6 Å². The van der Waals surface area contributed by atoms with Gasteiger partial charge in [0.15, 0.2) is 0 Å². The van der Waals surface area contributed by atoms with Crippen LogP contribution >= 0.6 is 0 Å². The van der Waals surface area contributed by atoms with Crippen LogP contribution in [0.1, 0.15) is 42.6 Å². The topological polar surface area (TPSA) is 58.6 Å². The number of carbonyl (C=O) groups excluding carboxylic acids is 1. The van der Waals surface area contributed by atoms with E-state index in [0.717, 1.165) is 40.8 Å². The summed E-state index contributed by atoms with van der Waals surface area (Å²) in [6.45, 7) is 4.57. The standard InChI is InChI=1S/C30H33NO3/c1-4-6-15-24-19-25(21-28(32)26(24)11-5-2)23-16-17-29(34-3)27(20-23)30(33)31-18-10-14-22-12-8-7-9-13-22/h4,6-9,11-13,15-17,19-21,32H,5,10,14,18H2,1-3H3,(H,31,33)/b6-4-,24-15-,26-11-. The summed E-state index contributed by atoms with van der Waals surface area (Å²) in [5.41, 5.74) is 3.40. The molecule has 0 radical (unpaired) electrons. The molecule has 0 unspecified atom stereocenters. The Morgan fingerprint density at radius 1 is 1.06 bits per heavy atom. The van der Waals surface area contributed by atoms with Crippen LogP contribution in [0.3, 0.4) is 0 Å². The number of allylic oxidation sites excluding steroid dienone is 2. The summed E-state index contributed by atoms with van der Waals surface area (Å²) in [5, 5.41) is 15.5. The molecule has 3 rings (SSSR count). The first-order valence-electron chi connectivity index (χ1n) is 11.7. The van der Waals surface area contributed by atoms with E-state index in [4.69, 9.17) is 4.74 Å². The second-order valence-corrected chi connectivity index (χ2v) is 8.06. The lowest BCUT2D eigenvalue weighted by Gasteiger charge is -2.12. The van der Waals surface area contributed by atoms with E-state index in [2.05, 4.69) is 17.4 Å². The summed E-state index contributed by atoms with van der Waals surface area (Å²) in [6.07, 6.45) is 10.5. The highest BCUT2D eigenvalue weighted by atomic mass is 16.5. The molecular formula is C30H33NO3. The molecule has 0 fully saturated rings. The van der Waals surface area contributed by atoms with Crippen molar-refractivity contribution >= 4 is 18.1 Å². The SMILES string of the molecule is C\C=C/C=c1/cc(-c2ccc(OC)c(C(=O)NCCCc3ccccc3)c2)cc(O)/c1=C\CC. The minimum atomic E-state index is -0.173. The van der Waals surface area contributed by atoms with Crippen LogP contribution in [-0.2, 0) is 6.42 Å². The monoisotopic (exact) mass is 455 g/mol. The first-order chi connectivity index (χ1) is 16.6. The molecule has 176 valence electrons. The van der Waals surface area contributed by atoms with Crippen molar-refractivity contribution in [2.75, 3.05) is 13.7 Å². The van der Waals surface area contributed by atoms with Crippen molar-refractivity contribution in [2.24, 2.45) is 0 Å². The van der Waals surface area contributed by atoms with E-state index in [1.165, 1.54) is 5.56 Å². The third-order valence-electron chi connectivity index (χ3n) is 5.61. The zero-order chi connectivity index (χ0) is 24.3. The number of phenolic OH excluding ortho intramolecular Hbond substituents is 1. The van der Waals surface area contributed by atoms with Crippen LogP contribution < -0.4 is 20.5 Å². The maximum atomic E-state index is 13.0. The number of aryl methyl sites for hydroxylation is 1.